The smallest absolute Gasteiger partial charge is 0.150 e. The third kappa shape index (κ3) is 4.91. The second kappa shape index (κ2) is 8.17. The second-order valence-electron chi connectivity index (χ2n) is 3.60. The normalized spacial score (nSPS) is 11.0. The lowest BCUT2D eigenvalue weighted by Gasteiger charge is -2.07. The predicted molar refractivity (Wildman–Crippen MR) is 72.2 cm³/mol. The molecule has 0 saturated carbocycles. The first-order valence-corrected chi connectivity index (χ1v) is 5.61. The van der Waals surface area contributed by atoms with Gasteiger partial charge in [-0.2, -0.15) is 0 Å². The van der Waals surface area contributed by atoms with Crippen molar-refractivity contribution in [2.24, 2.45) is 5.73 Å². The van der Waals surface area contributed by atoms with E-state index in [0.29, 0.717) is 0 Å². The minimum absolute atomic E-state index is 0.291. The van der Waals surface area contributed by atoms with Crippen molar-refractivity contribution in [3.05, 3.63) is 71.8 Å². The molecule has 2 aromatic carbocycles. The van der Waals surface area contributed by atoms with Crippen molar-refractivity contribution >= 4 is 6.29 Å². The van der Waals surface area contributed by atoms with Gasteiger partial charge in [0.15, 0.2) is 0 Å². The molecule has 0 heterocycles. The van der Waals surface area contributed by atoms with Crippen LogP contribution in [0.1, 0.15) is 22.1 Å². The molecule has 0 aliphatic rings. The summed E-state index contributed by atoms with van der Waals surface area (Å²) in [5.74, 6) is 0. The number of benzene rings is 2. The fourth-order valence-corrected chi connectivity index (χ4v) is 1.31. The standard InChI is InChI=1S/C8H11NO.C7H6O/c1-10-8(9)7-5-3-2-4-6-7;8-6-7-4-2-1-3-5-7/h2-6,8H,9H2,1H3;1-6H. The van der Waals surface area contributed by atoms with Gasteiger partial charge in [0.2, 0.25) is 0 Å². The van der Waals surface area contributed by atoms with Gasteiger partial charge in [-0.3, -0.25) is 4.79 Å². The first kappa shape index (κ1) is 14.1. The summed E-state index contributed by atoms with van der Waals surface area (Å²) in [5.41, 5.74) is 7.31. The number of hydrogen-bond donors (Lipinski definition) is 1. The molecule has 0 bridgehead atoms. The molecular formula is C15H17NO2. The molecule has 3 heteroatoms. The van der Waals surface area contributed by atoms with Crippen LogP contribution >= 0.6 is 0 Å². The first-order valence-electron chi connectivity index (χ1n) is 5.61. The summed E-state index contributed by atoms with van der Waals surface area (Å²) in [6.45, 7) is 0. The molecule has 0 spiro atoms. The Morgan fingerprint density at radius 3 is 1.89 bits per heavy atom. The Bertz CT molecular complexity index is 443. The lowest BCUT2D eigenvalue weighted by atomic mass is 10.2. The van der Waals surface area contributed by atoms with Crippen LogP contribution in [-0.4, -0.2) is 13.4 Å². The van der Waals surface area contributed by atoms with Crippen molar-refractivity contribution < 1.29 is 9.53 Å². The zero-order valence-electron chi connectivity index (χ0n) is 10.3. The Morgan fingerprint density at radius 1 is 1.00 bits per heavy atom. The fraction of sp³-hybridized carbons (Fsp3) is 0.133. The van der Waals surface area contributed by atoms with Crippen molar-refractivity contribution in [1.82, 2.24) is 0 Å². The zero-order valence-corrected chi connectivity index (χ0v) is 10.3. The highest BCUT2D eigenvalue weighted by Gasteiger charge is 1.99. The maximum atomic E-state index is 10.0. The van der Waals surface area contributed by atoms with E-state index in [0.717, 1.165) is 17.4 Å². The lowest BCUT2D eigenvalue weighted by Crippen LogP contribution is -2.11. The largest absolute Gasteiger partial charge is 0.363 e. The minimum atomic E-state index is -0.291. The topological polar surface area (TPSA) is 52.3 Å². The Hall–Kier alpha value is -1.97. The number of aldehydes is 1. The molecule has 0 fully saturated rings. The van der Waals surface area contributed by atoms with E-state index in [9.17, 15) is 4.79 Å². The van der Waals surface area contributed by atoms with E-state index >= 15 is 0 Å². The molecule has 0 radical (unpaired) electrons. The van der Waals surface area contributed by atoms with E-state index in [-0.39, 0.29) is 6.23 Å². The summed E-state index contributed by atoms with van der Waals surface area (Å²) in [6, 6.07) is 18.8. The van der Waals surface area contributed by atoms with Crippen LogP contribution < -0.4 is 5.73 Å². The van der Waals surface area contributed by atoms with Gasteiger partial charge in [-0.1, -0.05) is 60.7 Å². The molecule has 2 N–H and O–H groups in total. The summed E-state index contributed by atoms with van der Waals surface area (Å²) in [5, 5.41) is 0. The number of carbonyl (C=O) groups excluding carboxylic acids is 1. The average molecular weight is 243 g/mol. The van der Waals surface area contributed by atoms with E-state index in [2.05, 4.69) is 0 Å². The Kier molecular flexibility index (Phi) is 6.40. The minimum Gasteiger partial charge on any atom is -0.363 e. The van der Waals surface area contributed by atoms with Crippen molar-refractivity contribution in [2.45, 2.75) is 6.23 Å². The molecule has 94 valence electrons. The monoisotopic (exact) mass is 243 g/mol. The third-order valence-corrected chi connectivity index (χ3v) is 2.32. The van der Waals surface area contributed by atoms with E-state index in [1.807, 2.05) is 48.5 Å². The van der Waals surface area contributed by atoms with E-state index in [1.54, 1.807) is 19.2 Å². The summed E-state index contributed by atoms with van der Waals surface area (Å²) in [4.78, 5) is 10.0. The van der Waals surface area contributed by atoms with Crippen LogP contribution in [0.15, 0.2) is 60.7 Å². The van der Waals surface area contributed by atoms with Gasteiger partial charge in [-0.05, 0) is 5.56 Å². The van der Waals surface area contributed by atoms with Crippen LogP contribution in [0.4, 0.5) is 0 Å². The molecule has 0 aliphatic heterocycles. The number of nitrogens with two attached hydrogens (primary N) is 1. The molecule has 18 heavy (non-hydrogen) atoms. The quantitative estimate of drug-likeness (QED) is 0.666. The van der Waals surface area contributed by atoms with Gasteiger partial charge in [-0.25, -0.2) is 0 Å². The SMILES string of the molecule is COC(N)c1ccccc1.O=Cc1ccccc1. The molecule has 2 aromatic rings. The zero-order chi connectivity index (χ0) is 13.2. The number of carbonyl (C=O) groups is 1. The van der Waals surface area contributed by atoms with Crippen LogP contribution in [0, 0.1) is 0 Å². The van der Waals surface area contributed by atoms with Gasteiger partial charge in [0.1, 0.15) is 12.5 Å². The molecule has 2 rings (SSSR count). The molecule has 0 aromatic heterocycles. The van der Waals surface area contributed by atoms with Gasteiger partial charge >= 0.3 is 0 Å². The maximum Gasteiger partial charge on any atom is 0.150 e. The van der Waals surface area contributed by atoms with Crippen molar-refractivity contribution in [2.75, 3.05) is 7.11 Å². The van der Waals surface area contributed by atoms with Crippen LogP contribution in [-0.2, 0) is 4.74 Å². The van der Waals surface area contributed by atoms with Gasteiger partial charge < -0.3 is 10.5 Å². The van der Waals surface area contributed by atoms with Gasteiger partial charge in [0, 0.05) is 12.7 Å². The Morgan fingerprint density at radius 2 is 1.50 bits per heavy atom. The number of ether oxygens (including phenoxy) is 1. The Balaban J connectivity index is 0.000000184. The van der Waals surface area contributed by atoms with Gasteiger partial charge in [0.25, 0.3) is 0 Å². The Labute approximate surface area is 107 Å². The van der Waals surface area contributed by atoms with Crippen LogP contribution in [0.2, 0.25) is 0 Å². The number of rotatable bonds is 3. The highest BCUT2D eigenvalue weighted by atomic mass is 16.5. The molecule has 0 saturated heterocycles. The van der Waals surface area contributed by atoms with Crippen molar-refractivity contribution in [3.8, 4) is 0 Å². The van der Waals surface area contributed by atoms with Crippen molar-refractivity contribution in [3.63, 3.8) is 0 Å². The third-order valence-electron chi connectivity index (χ3n) is 2.32. The summed E-state index contributed by atoms with van der Waals surface area (Å²) >= 11 is 0. The van der Waals surface area contributed by atoms with Crippen LogP contribution in [0.25, 0.3) is 0 Å². The van der Waals surface area contributed by atoms with E-state index in [1.165, 1.54) is 0 Å². The highest BCUT2D eigenvalue weighted by molar-refractivity contribution is 5.74. The van der Waals surface area contributed by atoms with Crippen LogP contribution in [0.5, 0.6) is 0 Å². The van der Waals surface area contributed by atoms with E-state index < -0.39 is 0 Å². The van der Waals surface area contributed by atoms with Gasteiger partial charge in [-0.15, -0.1) is 0 Å². The molecule has 3 nitrogen and oxygen atoms in total. The average Bonchev–Trinajstić information content (AvgIpc) is 2.49. The fourth-order valence-electron chi connectivity index (χ4n) is 1.31. The molecule has 0 amide bonds. The lowest BCUT2D eigenvalue weighted by molar-refractivity contribution is 0.109. The summed E-state index contributed by atoms with van der Waals surface area (Å²) < 4.78 is 4.91. The molecule has 1 atom stereocenters. The number of methoxy groups -OCH3 is 1. The summed E-state index contributed by atoms with van der Waals surface area (Å²) in [7, 11) is 1.59. The number of hydrogen-bond acceptors (Lipinski definition) is 3. The highest BCUT2D eigenvalue weighted by Crippen LogP contribution is 2.08. The van der Waals surface area contributed by atoms with Gasteiger partial charge in [0.05, 0.1) is 0 Å². The van der Waals surface area contributed by atoms with Crippen molar-refractivity contribution in [1.29, 1.82) is 0 Å². The second-order valence-corrected chi connectivity index (χ2v) is 3.60. The molecule has 0 aliphatic carbocycles. The molecular weight excluding hydrogens is 226 g/mol. The maximum absolute atomic E-state index is 10.0. The predicted octanol–water partition coefficient (Wildman–Crippen LogP) is 2.79. The first-order chi connectivity index (χ1) is 8.77. The summed E-state index contributed by atoms with van der Waals surface area (Å²) in [6.07, 6.45) is 0.543. The van der Waals surface area contributed by atoms with Crippen LogP contribution in [0.3, 0.4) is 0 Å². The molecule has 1 unspecified atom stereocenters. The van der Waals surface area contributed by atoms with E-state index in [4.69, 9.17) is 10.5 Å².